The molecule has 11 nitrogen and oxygen atoms in total. The lowest BCUT2D eigenvalue weighted by Crippen LogP contribution is -2.47. The number of nitrogens with zero attached hydrogens (tertiary/aromatic N) is 8. The van der Waals surface area contributed by atoms with Crippen LogP contribution in [0.4, 0.5) is 11.5 Å². The van der Waals surface area contributed by atoms with Crippen LogP contribution in [0.15, 0.2) is 73.6 Å². The summed E-state index contributed by atoms with van der Waals surface area (Å²) in [7, 11) is 0. The number of carbonyl (C=O) groups is 1. The van der Waals surface area contributed by atoms with E-state index in [0.717, 1.165) is 47.2 Å². The van der Waals surface area contributed by atoms with Crippen LogP contribution in [0.5, 0.6) is 11.5 Å². The zero-order chi connectivity index (χ0) is 28.6. The number of carbonyl (C=O) groups excluding carboxylic acids is 1. The van der Waals surface area contributed by atoms with Crippen LogP contribution < -0.4 is 10.1 Å². The molecular formula is C30H28BN9O2. The Hall–Kier alpha value is -5.18. The van der Waals surface area contributed by atoms with Gasteiger partial charge in [0.15, 0.2) is 11.5 Å². The molecule has 1 atom stereocenters. The maximum atomic E-state index is 12.8. The Morgan fingerprint density at radius 3 is 2.81 bits per heavy atom. The number of pyridine rings is 1. The maximum Gasteiger partial charge on any atom is 0.274 e. The lowest BCUT2D eigenvalue weighted by Gasteiger charge is -2.38. The number of aryl methyl sites for hydroxylation is 1. The third kappa shape index (κ3) is 4.83. The maximum absolute atomic E-state index is 12.8. The largest absolute Gasteiger partial charge is 0.457 e. The Labute approximate surface area is 242 Å². The summed E-state index contributed by atoms with van der Waals surface area (Å²) in [6.45, 7) is 3.29. The first-order valence-corrected chi connectivity index (χ1v) is 14.1. The van der Waals surface area contributed by atoms with Gasteiger partial charge in [-0.3, -0.25) is 4.79 Å². The van der Waals surface area contributed by atoms with E-state index in [1.54, 1.807) is 10.6 Å². The molecule has 6 heterocycles. The molecule has 42 heavy (non-hydrogen) atoms. The fourth-order valence-corrected chi connectivity index (χ4v) is 5.91. The number of aromatic nitrogens is 6. The summed E-state index contributed by atoms with van der Waals surface area (Å²) >= 11 is 0. The summed E-state index contributed by atoms with van der Waals surface area (Å²) in [5.41, 5.74) is 4.55. The van der Waals surface area contributed by atoms with Crippen LogP contribution in [0.3, 0.4) is 0 Å². The lowest BCUT2D eigenvalue weighted by molar-refractivity contribution is -0.130. The molecule has 7 rings (SSSR count). The zero-order valence-electron chi connectivity index (χ0n) is 23.1. The van der Waals surface area contributed by atoms with Crippen molar-refractivity contribution in [1.82, 2.24) is 34.1 Å². The van der Waals surface area contributed by atoms with Gasteiger partial charge < -0.3 is 15.0 Å². The van der Waals surface area contributed by atoms with Crippen LogP contribution >= 0.6 is 0 Å². The van der Waals surface area contributed by atoms with Gasteiger partial charge in [-0.15, -0.1) is 0 Å². The summed E-state index contributed by atoms with van der Waals surface area (Å²) in [4.78, 5) is 23.4. The first-order chi connectivity index (χ1) is 20.6. The minimum absolute atomic E-state index is 0.00658. The van der Waals surface area contributed by atoms with Crippen molar-refractivity contribution in [1.29, 1.82) is 5.26 Å². The van der Waals surface area contributed by atoms with Crippen molar-refractivity contribution in [3.8, 4) is 17.5 Å². The summed E-state index contributed by atoms with van der Waals surface area (Å²) in [6, 6.07) is 11.7. The zero-order valence-corrected chi connectivity index (χ0v) is 23.1. The number of fused-ring (bicyclic) bond motifs is 2. The SMILES string of the molecule is Cc1cc(Nc2ncnn3ccc(C4CN(C(=O)/C=C/C5CCCB5C#N)C4)c23)ccc1Oc1ccn2ncnc2c1. The molecule has 0 radical (unpaired) electrons. The van der Waals surface area contributed by atoms with Crippen LogP contribution in [0.2, 0.25) is 12.1 Å². The van der Waals surface area contributed by atoms with E-state index in [1.807, 2.05) is 65.1 Å². The molecule has 0 aliphatic carbocycles. The number of likely N-dealkylation sites (tertiary alicyclic amines) is 1. The molecule has 2 saturated heterocycles. The third-order valence-electron chi connectivity index (χ3n) is 8.26. The van der Waals surface area contributed by atoms with Crippen LogP contribution in [0, 0.1) is 18.2 Å². The minimum atomic E-state index is 0.00658. The van der Waals surface area contributed by atoms with E-state index in [9.17, 15) is 10.1 Å². The van der Waals surface area contributed by atoms with Gasteiger partial charge in [0.2, 0.25) is 5.91 Å². The molecule has 0 bridgehead atoms. The number of hydrogen-bond donors (Lipinski definition) is 1. The van der Waals surface area contributed by atoms with E-state index in [2.05, 4.69) is 37.5 Å². The number of rotatable bonds is 7. The van der Waals surface area contributed by atoms with Crippen molar-refractivity contribution in [2.24, 2.45) is 0 Å². The highest BCUT2D eigenvalue weighted by molar-refractivity contribution is 6.69. The molecule has 1 aromatic carbocycles. The van der Waals surface area contributed by atoms with Crippen molar-refractivity contribution in [3.63, 3.8) is 0 Å². The number of nitrogens with one attached hydrogen (secondary N) is 1. The van der Waals surface area contributed by atoms with Gasteiger partial charge in [0.05, 0.1) is 0 Å². The normalized spacial score (nSPS) is 17.2. The van der Waals surface area contributed by atoms with E-state index in [1.165, 1.54) is 12.7 Å². The van der Waals surface area contributed by atoms with Crippen molar-refractivity contribution in [2.45, 2.75) is 37.8 Å². The Morgan fingerprint density at radius 2 is 1.95 bits per heavy atom. The second-order valence-electron chi connectivity index (χ2n) is 10.9. The molecule has 2 aliphatic heterocycles. The molecule has 5 aromatic rings. The first kappa shape index (κ1) is 25.8. The third-order valence-corrected chi connectivity index (χ3v) is 8.26. The van der Waals surface area contributed by atoms with Crippen LogP contribution in [-0.2, 0) is 4.79 Å². The molecule has 12 heteroatoms. The van der Waals surface area contributed by atoms with Crippen LogP contribution in [-0.4, -0.2) is 59.8 Å². The number of benzene rings is 1. The number of ether oxygens (including phenoxy) is 1. The smallest absolute Gasteiger partial charge is 0.274 e. The van der Waals surface area contributed by atoms with Gasteiger partial charge in [-0.05, 0) is 60.3 Å². The second kappa shape index (κ2) is 10.7. The Morgan fingerprint density at radius 1 is 1.12 bits per heavy atom. The Balaban J connectivity index is 1.04. The highest BCUT2D eigenvalue weighted by Crippen LogP contribution is 2.36. The average Bonchev–Trinajstić information content (AvgIpc) is 3.72. The molecule has 0 spiro atoms. The van der Waals surface area contributed by atoms with Gasteiger partial charge in [-0.1, -0.05) is 25.2 Å². The van der Waals surface area contributed by atoms with Gasteiger partial charge in [0.1, 0.15) is 29.7 Å². The molecule has 1 amide bonds. The van der Waals surface area contributed by atoms with E-state index in [0.29, 0.717) is 30.3 Å². The Bertz CT molecular complexity index is 1870. The van der Waals surface area contributed by atoms with E-state index >= 15 is 0 Å². The predicted octanol–water partition coefficient (Wildman–Crippen LogP) is 4.82. The lowest BCUT2D eigenvalue weighted by atomic mass is 9.44. The molecular weight excluding hydrogens is 529 g/mol. The molecule has 2 aliphatic rings. The number of nitriles is 1. The number of hydrogen-bond acceptors (Lipinski definition) is 8. The van der Waals surface area contributed by atoms with Crippen molar-refractivity contribution in [2.75, 3.05) is 18.4 Å². The summed E-state index contributed by atoms with van der Waals surface area (Å²) in [5.74, 6) is 4.88. The highest BCUT2D eigenvalue weighted by atomic mass is 16.5. The molecule has 1 unspecified atom stereocenters. The standard InChI is InChI=1S/C30H28BN9O2/c1-20-13-23(5-6-26(20)42-24-8-11-39-27(14-24)33-18-35-39)37-30-29-25(9-12-40(29)36-19-34-30)21-15-38(16-21)28(41)7-4-22-3-2-10-31(22)17-32/h4-9,11-14,18-19,21-22H,2-3,10,15-16H2,1H3,(H,34,36,37)/b7-4+. The minimum Gasteiger partial charge on any atom is -0.457 e. The first-order valence-electron chi connectivity index (χ1n) is 14.1. The molecule has 208 valence electrons. The Kier molecular flexibility index (Phi) is 6.54. The van der Waals surface area contributed by atoms with Crippen molar-refractivity contribution < 1.29 is 9.53 Å². The summed E-state index contributed by atoms with van der Waals surface area (Å²) < 4.78 is 9.63. The van der Waals surface area contributed by atoms with E-state index < -0.39 is 0 Å². The fraction of sp³-hybridized carbons (Fsp3) is 0.267. The molecule has 2 fully saturated rings. The number of anilines is 2. The van der Waals surface area contributed by atoms with Crippen molar-refractivity contribution >= 4 is 35.3 Å². The summed E-state index contributed by atoms with van der Waals surface area (Å²) in [5, 5.41) is 21.3. The predicted molar refractivity (Wildman–Crippen MR) is 158 cm³/mol. The van der Waals surface area contributed by atoms with Crippen LogP contribution in [0.25, 0.3) is 11.2 Å². The van der Waals surface area contributed by atoms with Gasteiger partial charge in [-0.2, -0.15) is 10.2 Å². The number of amides is 1. The monoisotopic (exact) mass is 557 g/mol. The highest BCUT2D eigenvalue weighted by Gasteiger charge is 2.34. The van der Waals surface area contributed by atoms with Gasteiger partial charge >= 0.3 is 0 Å². The second-order valence-corrected chi connectivity index (χ2v) is 10.9. The van der Waals surface area contributed by atoms with Gasteiger partial charge in [0, 0.05) is 49.1 Å². The molecule has 1 N–H and O–H groups in total. The van der Waals surface area contributed by atoms with E-state index in [4.69, 9.17) is 4.74 Å². The average molecular weight is 557 g/mol. The quantitative estimate of drug-likeness (QED) is 0.223. The summed E-state index contributed by atoms with van der Waals surface area (Å²) in [6.07, 6.45) is 13.3. The van der Waals surface area contributed by atoms with E-state index in [-0.39, 0.29) is 24.4 Å². The topological polar surface area (TPSA) is 126 Å². The van der Waals surface area contributed by atoms with Crippen LogP contribution in [0.1, 0.15) is 29.9 Å². The molecule has 4 aromatic heterocycles. The van der Waals surface area contributed by atoms with Gasteiger partial charge in [-0.25, -0.2) is 24.3 Å². The van der Waals surface area contributed by atoms with Crippen molar-refractivity contribution in [3.05, 3.63) is 84.7 Å². The number of allylic oxidation sites excluding steroid dienone is 1. The fourth-order valence-electron chi connectivity index (χ4n) is 5.91. The van der Waals surface area contributed by atoms with Gasteiger partial charge in [0.25, 0.3) is 6.71 Å². The molecule has 0 saturated carbocycles.